The molecule has 3 N–H and O–H groups in total. The third kappa shape index (κ3) is 2.52. The molecule has 0 saturated carbocycles. The molecule has 0 radical (unpaired) electrons. The van der Waals surface area contributed by atoms with Crippen LogP contribution in [0.1, 0.15) is 30.5 Å². The zero-order valence-corrected chi connectivity index (χ0v) is 11.7. The summed E-state index contributed by atoms with van der Waals surface area (Å²) >= 11 is 3.42. The first-order valence-corrected chi connectivity index (χ1v) is 6.79. The highest BCUT2D eigenvalue weighted by Gasteiger charge is 2.31. The summed E-state index contributed by atoms with van der Waals surface area (Å²) in [6.45, 7) is 2.43. The predicted octanol–water partition coefficient (Wildman–Crippen LogP) is 2.45. The van der Waals surface area contributed by atoms with Gasteiger partial charge in [-0.3, -0.25) is 4.79 Å². The summed E-state index contributed by atoms with van der Waals surface area (Å²) in [5.74, 6) is -0.877. The number of aliphatic carboxylic acids is 1. The molecule has 1 fully saturated rings. The van der Waals surface area contributed by atoms with E-state index in [9.17, 15) is 9.90 Å². The Morgan fingerprint density at radius 3 is 2.83 bits per heavy atom. The van der Waals surface area contributed by atoms with Crippen molar-refractivity contribution in [3.05, 3.63) is 27.7 Å². The first kappa shape index (κ1) is 13.4. The van der Waals surface area contributed by atoms with Crippen LogP contribution in [0.15, 0.2) is 16.6 Å². The van der Waals surface area contributed by atoms with E-state index in [0.29, 0.717) is 13.0 Å². The van der Waals surface area contributed by atoms with Gasteiger partial charge in [0, 0.05) is 22.6 Å². The Hall–Kier alpha value is -1.07. The second kappa shape index (κ2) is 5.28. The molecule has 0 aromatic heterocycles. The van der Waals surface area contributed by atoms with Gasteiger partial charge < -0.3 is 15.5 Å². The van der Waals surface area contributed by atoms with Gasteiger partial charge in [-0.1, -0.05) is 22.9 Å². The molecule has 1 saturated heterocycles. The lowest BCUT2D eigenvalue weighted by molar-refractivity contribution is -0.141. The minimum atomic E-state index is -0.782. The number of carboxylic acid groups (broad SMARTS) is 1. The van der Waals surface area contributed by atoms with Crippen molar-refractivity contribution in [2.45, 2.75) is 25.8 Å². The lowest BCUT2D eigenvalue weighted by atomic mass is 9.97. The van der Waals surface area contributed by atoms with Gasteiger partial charge in [-0.25, -0.2) is 0 Å². The van der Waals surface area contributed by atoms with E-state index in [1.807, 2.05) is 19.1 Å². The van der Waals surface area contributed by atoms with Crippen molar-refractivity contribution in [3.8, 4) is 5.75 Å². The molecule has 5 heteroatoms. The zero-order chi connectivity index (χ0) is 13.3. The number of hydrogen-bond donors (Lipinski definition) is 3. The molecule has 18 heavy (non-hydrogen) atoms. The van der Waals surface area contributed by atoms with Crippen molar-refractivity contribution in [1.29, 1.82) is 0 Å². The van der Waals surface area contributed by atoms with Crippen LogP contribution < -0.4 is 5.32 Å². The number of aromatic hydroxyl groups is 1. The number of nitrogens with one attached hydrogen (secondary N) is 1. The summed E-state index contributed by atoms with van der Waals surface area (Å²) in [5, 5.41) is 22.3. The van der Waals surface area contributed by atoms with Crippen LogP contribution in [0.2, 0.25) is 0 Å². The molecule has 0 aliphatic carbocycles. The summed E-state index contributed by atoms with van der Waals surface area (Å²) < 4.78 is 0.910. The minimum Gasteiger partial charge on any atom is -0.507 e. The van der Waals surface area contributed by atoms with Crippen LogP contribution in [0.25, 0.3) is 0 Å². The second-order valence-electron chi connectivity index (χ2n) is 4.59. The Labute approximate surface area is 114 Å². The fraction of sp³-hybridized carbons (Fsp3) is 0.462. The van der Waals surface area contributed by atoms with Gasteiger partial charge >= 0.3 is 5.97 Å². The fourth-order valence-corrected chi connectivity index (χ4v) is 2.90. The quantitative estimate of drug-likeness (QED) is 0.801. The topological polar surface area (TPSA) is 69.6 Å². The van der Waals surface area contributed by atoms with Crippen LogP contribution in [-0.2, 0) is 11.2 Å². The highest BCUT2D eigenvalue weighted by Crippen LogP contribution is 2.37. The number of aryl methyl sites for hydroxylation is 1. The SMILES string of the molecule is CCc1cc(Br)cc(C2CC(C(=O)O)CN2)c1O. The zero-order valence-electron chi connectivity index (χ0n) is 10.1. The molecule has 2 rings (SSSR count). The van der Waals surface area contributed by atoms with Crippen LogP contribution >= 0.6 is 15.9 Å². The van der Waals surface area contributed by atoms with E-state index in [0.717, 1.165) is 22.0 Å². The van der Waals surface area contributed by atoms with E-state index in [1.54, 1.807) is 0 Å². The third-order valence-corrected chi connectivity index (χ3v) is 3.88. The van der Waals surface area contributed by atoms with Gasteiger partial charge in [0.2, 0.25) is 0 Å². The van der Waals surface area contributed by atoms with Gasteiger partial charge in [0.15, 0.2) is 0 Å². The standard InChI is InChI=1S/C13H16BrNO3/c1-2-7-3-9(14)5-10(12(7)16)11-4-8(6-15-11)13(17)18/h3,5,8,11,15-16H,2,4,6H2,1H3,(H,17,18). The molecular formula is C13H16BrNO3. The van der Waals surface area contributed by atoms with Crippen LogP contribution in [0.5, 0.6) is 5.75 Å². The van der Waals surface area contributed by atoms with Crippen molar-refractivity contribution in [1.82, 2.24) is 5.32 Å². The summed E-state index contributed by atoms with van der Waals surface area (Å²) in [6.07, 6.45) is 1.26. The fourth-order valence-electron chi connectivity index (χ4n) is 2.37. The number of phenolic OH excluding ortho intramolecular Hbond substituents is 1. The normalized spacial score (nSPS) is 23.2. The van der Waals surface area contributed by atoms with Gasteiger partial charge in [-0.15, -0.1) is 0 Å². The van der Waals surface area contributed by atoms with E-state index in [-0.39, 0.29) is 17.7 Å². The molecule has 2 unspecified atom stereocenters. The molecular weight excluding hydrogens is 298 g/mol. The maximum absolute atomic E-state index is 10.9. The van der Waals surface area contributed by atoms with E-state index in [2.05, 4.69) is 21.2 Å². The van der Waals surface area contributed by atoms with Crippen molar-refractivity contribution >= 4 is 21.9 Å². The summed E-state index contributed by atoms with van der Waals surface area (Å²) in [4.78, 5) is 10.9. The maximum atomic E-state index is 10.9. The van der Waals surface area contributed by atoms with Crippen molar-refractivity contribution in [2.24, 2.45) is 5.92 Å². The van der Waals surface area contributed by atoms with Crippen LogP contribution in [0.3, 0.4) is 0 Å². The van der Waals surface area contributed by atoms with E-state index in [1.165, 1.54) is 0 Å². The lowest BCUT2D eigenvalue weighted by Gasteiger charge is -2.15. The molecule has 1 aromatic carbocycles. The monoisotopic (exact) mass is 313 g/mol. The summed E-state index contributed by atoms with van der Waals surface area (Å²) in [5.41, 5.74) is 1.66. The van der Waals surface area contributed by atoms with Gasteiger partial charge in [0.25, 0.3) is 0 Å². The number of hydrogen-bond acceptors (Lipinski definition) is 3. The van der Waals surface area contributed by atoms with Gasteiger partial charge in [-0.2, -0.15) is 0 Å². The van der Waals surface area contributed by atoms with Gasteiger partial charge in [-0.05, 0) is 30.5 Å². The van der Waals surface area contributed by atoms with Gasteiger partial charge in [0.05, 0.1) is 5.92 Å². The maximum Gasteiger partial charge on any atom is 0.307 e. The molecule has 1 aromatic rings. The predicted molar refractivity (Wildman–Crippen MR) is 71.7 cm³/mol. The Bertz CT molecular complexity index is 476. The molecule has 1 heterocycles. The Morgan fingerprint density at radius 2 is 2.28 bits per heavy atom. The number of rotatable bonds is 3. The Balaban J connectivity index is 2.29. The van der Waals surface area contributed by atoms with Crippen LogP contribution in [0.4, 0.5) is 0 Å². The number of phenols is 1. The van der Waals surface area contributed by atoms with Crippen LogP contribution in [-0.4, -0.2) is 22.7 Å². The highest BCUT2D eigenvalue weighted by atomic mass is 79.9. The van der Waals surface area contributed by atoms with E-state index >= 15 is 0 Å². The minimum absolute atomic E-state index is 0.0890. The average Bonchev–Trinajstić information content (AvgIpc) is 2.81. The third-order valence-electron chi connectivity index (χ3n) is 3.42. The summed E-state index contributed by atoms with van der Waals surface area (Å²) in [7, 11) is 0. The molecule has 0 amide bonds. The van der Waals surface area contributed by atoms with Crippen LogP contribution in [0, 0.1) is 5.92 Å². The number of carbonyl (C=O) groups is 1. The van der Waals surface area contributed by atoms with Crippen molar-refractivity contribution < 1.29 is 15.0 Å². The lowest BCUT2D eigenvalue weighted by Crippen LogP contribution is -2.17. The highest BCUT2D eigenvalue weighted by molar-refractivity contribution is 9.10. The molecule has 98 valence electrons. The first-order chi connectivity index (χ1) is 8.52. The van der Waals surface area contributed by atoms with E-state index in [4.69, 9.17) is 5.11 Å². The molecule has 1 aliphatic heterocycles. The Kier molecular flexibility index (Phi) is 3.92. The summed E-state index contributed by atoms with van der Waals surface area (Å²) in [6, 6.07) is 3.66. The van der Waals surface area contributed by atoms with E-state index < -0.39 is 5.97 Å². The molecule has 4 nitrogen and oxygen atoms in total. The molecule has 0 spiro atoms. The molecule has 0 bridgehead atoms. The number of carboxylic acids is 1. The average molecular weight is 314 g/mol. The Morgan fingerprint density at radius 1 is 1.56 bits per heavy atom. The molecule has 1 aliphatic rings. The smallest absolute Gasteiger partial charge is 0.307 e. The van der Waals surface area contributed by atoms with Gasteiger partial charge in [0.1, 0.15) is 5.75 Å². The molecule has 2 atom stereocenters. The second-order valence-corrected chi connectivity index (χ2v) is 5.50. The largest absolute Gasteiger partial charge is 0.507 e. The number of benzene rings is 1. The first-order valence-electron chi connectivity index (χ1n) is 6.00. The number of halogens is 1. The van der Waals surface area contributed by atoms with Crippen molar-refractivity contribution in [3.63, 3.8) is 0 Å². The van der Waals surface area contributed by atoms with Crippen molar-refractivity contribution in [2.75, 3.05) is 6.54 Å².